The Morgan fingerprint density at radius 3 is 2.59 bits per heavy atom. The maximum absolute atomic E-state index is 13.4. The van der Waals surface area contributed by atoms with E-state index in [0.717, 1.165) is 25.8 Å². The third-order valence-electron chi connectivity index (χ3n) is 9.07. The van der Waals surface area contributed by atoms with Crippen molar-refractivity contribution in [2.45, 2.75) is 51.1 Å². The molecule has 0 saturated carbocycles. The smallest absolute Gasteiger partial charge is 0.342 e. The molecule has 0 amide bonds. The van der Waals surface area contributed by atoms with Crippen molar-refractivity contribution < 1.29 is 23.7 Å². The van der Waals surface area contributed by atoms with Gasteiger partial charge in [-0.25, -0.2) is 4.79 Å². The molecule has 0 radical (unpaired) electrons. The topological polar surface area (TPSA) is 62.2 Å². The van der Waals surface area contributed by atoms with Gasteiger partial charge in [0.1, 0.15) is 12.2 Å². The summed E-state index contributed by atoms with van der Waals surface area (Å²) in [6.07, 6.45) is 5.67. The van der Waals surface area contributed by atoms with Crippen LogP contribution in [0.1, 0.15) is 66.3 Å². The molecule has 0 N–H and O–H groups in total. The number of piperidine rings is 1. The lowest BCUT2D eigenvalue weighted by molar-refractivity contribution is -0.0445. The molecule has 3 aliphatic rings. The van der Waals surface area contributed by atoms with Crippen LogP contribution in [0.3, 0.4) is 0 Å². The van der Waals surface area contributed by atoms with Gasteiger partial charge in [-0.2, -0.15) is 0 Å². The van der Waals surface area contributed by atoms with E-state index >= 15 is 0 Å². The molecule has 7 heteroatoms. The first-order valence-electron chi connectivity index (χ1n) is 13.4. The Labute approximate surface area is 218 Å². The Balaban J connectivity index is 1.39. The minimum Gasteiger partial charge on any atom is -0.493 e. The highest BCUT2D eigenvalue weighted by Gasteiger charge is 2.53. The highest BCUT2D eigenvalue weighted by atomic mass is 16.5. The van der Waals surface area contributed by atoms with Gasteiger partial charge in [-0.05, 0) is 67.8 Å². The molecule has 4 heterocycles. The van der Waals surface area contributed by atoms with Crippen molar-refractivity contribution in [1.29, 1.82) is 0 Å². The van der Waals surface area contributed by atoms with E-state index in [1.807, 2.05) is 0 Å². The standard InChI is InChI=1S/C30H36N2O5/c1-5-30-14-8-15-31-16-13-21-20-9-6-7-10-23(20)32(25(21)28(30)31)19(17-30)18-37-29(33)22-11-12-24(34-2)27(36-4)26(22)35-3/h6-7,9-12,19,28H,5,8,13-18H2,1-4H3/t19-,28+,30-/m0/s1. The van der Waals surface area contributed by atoms with Crippen molar-refractivity contribution >= 4 is 16.9 Å². The van der Waals surface area contributed by atoms with Crippen LogP contribution in [0.2, 0.25) is 0 Å². The van der Waals surface area contributed by atoms with Crippen LogP contribution in [0.4, 0.5) is 0 Å². The number of aromatic nitrogens is 1. The van der Waals surface area contributed by atoms with Crippen LogP contribution < -0.4 is 14.2 Å². The van der Waals surface area contributed by atoms with E-state index < -0.39 is 5.97 Å². The molecule has 0 unspecified atom stereocenters. The number of carbonyl (C=O) groups is 1. The second kappa shape index (κ2) is 9.28. The van der Waals surface area contributed by atoms with E-state index in [1.165, 1.54) is 55.8 Å². The van der Waals surface area contributed by atoms with Gasteiger partial charge >= 0.3 is 5.97 Å². The van der Waals surface area contributed by atoms with Crippen molar-refractivity contribution in [3.63, 3.8) is 0 Å². The van der Waals surface area contributed by atoms with E-state index in [0.29, 0.717) is 35.5 Å². The quantitative estimate of drug-likeness (QED) is 0.393. The highest BCUT2D eigenvalue weighted by Crippen LogP contribution is 2.59. The number of carbonyl (C=O) groups excluding carboxylic acids is 1. The number of fused-ring (bicyclic) bond motifs is 3. The molecule has 0 spiro atoms. The van der Waals surface area contributed by atoms with Gasteiger partial charge in [-0.15, -0.1) is 0 Å². The van der Waals surface area contributed by atoms with Crippen molar-refractivity contribution in [2.75, 3.05) is 41.0 Å². The van der Waals surface area contributed by atoms with Gasteiger partial charge in [0.05, 0.1) is 33.4 Å². The second-order valence-electron chi connectivity index (χ2n) is 10.6. The van der Waals surface area contributed by atoms with Crippen molar-refractivity contribution in [3.8, 4) is 17.2 Å². The van der Waals surface area contributed by atoms with E-state index in [9.17, 15) is 4.79 Å². The molecule has 1 aromatic heterocycles. The minimum absolute atomic E-state index is 0.0815. The van der Waals surface area contributed by atoms with Gasteiger partial charge < -0.3 is 23.5 Å². The Hall–Kier alpha value is -3.19. The van der Waals surface area contributed by atoms with Crippen LogP contribution in [0.5, 0.6) is 17.2 Å². The van der Waals surface area contributed by atoms with Crippen LogP contribution in [-0.2, 0) is 11.2 Å². The molecular formula is C30H36N2O5. The largest absolute Gasteiger partial charge is 0.493 e. The maximum atomic E-state index is 13.4. The number of methoxy groups -OCH3 is 3. The molecule has 0 bridgehead atoms. The summed E-state index contributed by atoms with van der Waals surface area (Å²) in [6, 6.07) is 12.7. The van der Waals surface area contributed by atoms with Gasteiger partial charge in [0.15, 0.2) is 11.5 Å². The first kappa shape index (κ1) is 24.2. The molecule has 7 nitrogen and oxygen atoms in total. The molecule has 3 aromatic rings. The van der Waals surface area contributed by atoms with Crippen LogP contribution in [0.15, 0.2) is 36.4 Å². The van der Waals surface area contributed by atoms with Crippen molar-refractivity contribution in [2.24, 2.45) is 5.41 Å². The van der Waals surface area contributed by atoms with Gasteiger partial charge in [-0.1, -0.05) is 25.1 Å². The third kappa shape index (κ3) is 3.54. The Bertz CT molecular complexity index is 1350. The monoisotopic (exact) mass is 504 g/mol. The molecule has 3 aliphatic heterocycles. The zero-order valence-corrected chi connectivity index (χ0v) is 22.2. The molecule has 196 valence electrons. The van der Waals surface area contributed by atoms with Crippen LogP contribution in [0.25, 0.3) is 10.9 Å². The number of esters is 1. The van der Waals surface area contributed by atoms with E-state index in [4.69, 9.17) is 18.9 Å². The Kier molecular flexibility index (Phi) is 6.06. The fourth-order valence-electron chi connectivity index (χ4n) is 7.49. The summed E-state index contributed by atoms with van der Waals surface area (Å²) in [4.78, 5) is 16.1. The number of benzene rings is 2. The summed E-state index contributed by atoms with van der Waals surface area (Å²) in [5.74, 6) is 0.803. The first-order valence-corrected chi connectivity index (χ1v) is 13.4. The molecule has 37 heavy (non-hydrogen) atoms. The predicted octanol–water partition coefficient (Wildman–Crippen LogP) is 5.56. The lowest BCUT2D eigenvalue weighted by Crippen LogP contribution is -2.53. The van der Waals surface area contributed by atoms with Gasteiger partial charge in [0, 0.05) is 23.1 Å². The number of hydrogen-bond acceptors (Lipinski definition) is 6. The highest BCUT2D eigenvalue weighted by molar-refractivity contribution is 5.94. The Morgan fingerprint density at radius 1 is 1.03 bits per heavy atom. The van der Waals surface area contributed by atoms with E-state index in [1.54, 1.807) is 19.2 Å². The average Bonchev–Trinajstić information content (AvgIpc) is 3.29. The Morgan fingerprint density at radius 2 is 1.84 bits per heavy atom. The first-order chi connectivity index (χ1) is 18.1. The summed E-state index contributed by atoms with van der Waals surface area (Å²) >= 11 is 0. The number of nitrogens with zero attached hydrogens (tertiary/aromatic N) is 2. The number of rotatable bonds is 7. The summed E-state index contributed by atoms with van der Waals surface area (Å²) < 4.78 is 25.0. The number of ether oxygens (including phenoxy) is 4. The summed E-state index contributed by atoms with van der Waals surface area (Å²) in [5.41, 5.74) is 4.76. The lowest BCUT2D eigenvalue weighted by Gasteiger charge is -2.56. The van der Waals surface area contributed by atoms with Gasteiger partial charge in [0.2, 0.25) is 5.75 Å². The SMILES string of the molecule is CC[C@]12CCCN3CCc4c(n(c5ccccc45)[C@H](COC(=O)c4ccc(OC)c(OC)c4OC)C1)[C@@H]32. The normalized spacial score (nSPS) is 24.4. The third-order valence-corrected chi connectivity index (χ3v) is 9.07. The second-order valence-corrected chi connectivity index (χ2v) is 10.6. The zero-order valence-electron chi connectivity index (χ0n) is 22.2. The molecular weight excluding hydrogens is 468 g/mol. The summed E-state index contributed by atoms with van der Waals surface area (Å²) in [7, 11) is 4.61. The van der Waals surface area contributed by atoms with E-state index in [-0.39, 0.29) is 11.5 Å². The summed E-state index contributed by atoms with van der Waals surface area (Å²) in [6.45, 7) is 4.96. The van der Waals surface area contributed by atoms with Crippen LogP contribution in [-0.4, -0.2) is 56.5 Å². The minimum atomic E-state index is -0.416. The molecule has 3 atom stereocenters. The fraction of sp³-hybridized carbons (Fsp3) is 0.500. The van der Waals surface area contributed by atoms with Gasteiger partial charge in [-0.3, -0.25) is 4.90 Å². The van der Waals surface area contributed by atoms with Crippen molar-refractivity contribution in [1.82, 2.24) is 9.47 Å². The number of para-hydroxylation sites is 1. The number of hydrogen-bond donors (Lipinski definition) is 0. The molecule has 6 rings (SSSR count). The molecule has 1 fully saturated rings. The maximum Gasteiger partial charge on any atom is 0.342 e. The summed E-state index contributed by atoms with van der Waals surface area (Å²) in [5, 5.41) is 1.35. The molecule has 1 saturated heterocycles. The zero-order chi connectivity index (χ0) is 25.7. The predicted molar refractivity (Wildman–Crippen MR) is 142 cm³/mol. The lowest BCUT2D eigenvalue weighted by atomic mass is 9.63. The van der Waals surface area contributed by atoms with Gasteiger partial charge in [0.25, 0.3) is 0 Å². The average molecular weight is 505 g/mol. The molecule has 2 aromatic carbocycles. The van der Waals surface area contributed by atoms with Crippen LogP contribution in [0, 0.1) is 5.41 Å². The van der Waals surface area contributed by atoms with E-state index in [2.05, 4.69) is 40.7 Å². The molecule has 0 aliphatic carbocycles. The van der Waals surface area contributed by atoms with Crippen molar-refractivity contribution in [3.05, 3.63) is 53.2 Å². The fourth-order valence-corrected chi connectivity index (χ4v) is 7.49. The van der Waals surface area contributed by atoms with Crippen LogP contribution >= 0.6 is 0 Å².